The van der Waals surface area contributed by atoms with Crippen molar-refractivity contribution in [3.05, 3.63) is 0 Å². The normalized spacial score (nSPS) is 12.5. The van der Waals surface area contributed by atoms with Gasteiger partial charge in [-0.1, -0.05) is 0 Å². The molecule has 0 radical (unpaired) electrons. The first-order valence-corrected chi connectivity index (χ1v) is 7.20. The van der Waals surface area contributed by atoms with Crippen molar-refractivity contribution in [1.29, 1.82) is 0 Å². The van der Waals surface area contributed by atoms with E-state index in [0.29, 0.717) is 0 Å². The Labute approximate surface area is 138 Å². The predicted octanol–water partition coefficient (Wildman–Crippen LogP) is -0.749. The number of rotatable bonds is 10. The summed E-state index contributed by atoms with van der Waals surface area (Å²) in [5.41, 5.74) is 0. The molecule has 0 heterocycles. The highest BCUT2D eigenvalue weighted by Gasteiger charge is 2.38. The maximum absolute atomic E-state index is 11.9. The SMILES string of the molecule is CCOC(=O)C[C@@H](C(=O)OCC)[C@@H](NC(=O)COC(C)=O)C(=O)O. The van der Waals surface area contributed by atoms with Gasteiger partial charge in [0.2, 0.25) is 0 Å². The van der Waals surface area contributed by atoms with Gasteiger partial charge >= 0.3 is 23.9 Å². The van der Waals surface area contributed by atoms with E-state index in [9.17, 15) is 29.1 Å². The summed E-state index contributed by atoms with van der Waals surface area (Å²) in [6.07, 6.45) is -0.586. The lowest BCUT2D eigenvalue weighted by Crippen LogP contribution is -2.50. The Bertz CT molecular complexity index is 489. The number of hydrogen-bond acceptors (Lipinski definition) is 8. The molecular weight excluding hydrogens is 326 g/mol. The Kier molecular flexibility index (Phi) is 9.76. The summed E-state index contributed by atoms with van der Waals surface area (Å²) in [6, 6.07) is -1.74. The van der Waals surface area contributed by atoms with Crippen LogP contribution in [0.3, 0.4) is 0 Å². The van der Waals surface area contributed by atoms with E-state index in [1.165, 1.54) is 6.92 Å². The fourth-order valence-corrected chi connectivity index (χ4v) is 1.70. The van der Waals surface area contributed by atoms with Gasteiger partial charge in [0.1, 0.15) is 6.04 Å². The average molecular weight is 347 g/mol. The minimum atomic E-state index is -1.74. The lowest BCUT2D eigenvalue weighted by molar-refractivity contribution is -0.160. The van der Waals surface area contributed by atoms with E-state index in [4.69, 9.17) is 9.47 Å². The van der Waals surface area contributed by atoms with Crippen molar-refractivity contribution in [3.63, 3.8) is 0 Å². The molecular formula is C14H21NO9. The van der Waals surface area contributed by atoms with E-state index in [2.05, 4.69) is 4.74 Å². The van der Waals surface area contributed by atoms with Crippen LogP contribution in [-0.4, -0.2) is 60.8 Å². The van der Waals surface area contributed by atoms with Crippen molar-refractivity contribution in [2.75, 3.05) is 19.8 Å². The molecule has 10 heteroatoms. The number of nitrogens with one attached hydrogen (secondary N) is 1. The third kappa shape index (κ3) is 8.11. The van der Waals surface area contributed by atoms with Gasteiger partial charge in [-0.15, -0.1) is 0 Å². The molecule has 1 amide bonds. The molecule has 0 aromatic heterocycles. The molecule has 0 saturated carbocycles. The second kappa shape index (κ2) is 11.0. The van der Waals surface area contributed by atoms with Crippen molar-refractivity contribution in [2.45, 2.75) is 33.2 Å². The fraction of sp³-hybridized carbons (Fsp3) is 0.643. The number of carbonyl (C=O) groups is 5. The van der Waals surface area contributed by atoms with Gasteiger partial charge in [0.15, 0.2) is 6.61 Å². The molecule has 0 fully saturated rings. The summed E-state index contributed by atoms with van der Waals surface area (Å²) in [5, 5.41) is 11.3. The average Bonchev–Trinajstić information content (AvgIpc) is 2.48. The molecule has 0 spiro atoms. The molecule has 0 aliphatic carbocycles. The van der Waals surface area contributed by atoms with Crippen molar-refractivity contribution in [2.24, 2.45) is 5.92 Å². The van der Waals surface area contributed by atoms with E-state index in [0.717, 1.165) is 6.92 Å². The molecule has 136 valence electrons. The number of aliphatic carboxylic acids is 1. The molecule has 2 N–H and O–H groups in total. The molecule has 2 atom stereocenters. The van der Waals surface area contributed by atoms with Crippen LogP contribution in [0.5, 0.6) is 0 Å². The van der Waals surface area contributed by atoms with Crippen LogP contribution in [0.4, 0.5) is 0 Å². The van der Waals surface area contributed by atoms with E-state index in [1.54, 1.807) is 6.92 Å². The number of carbonyl (C=O) groups excluding carboxylic acids is 4. The zero-order valence-corrected chi connectivity index (χ0v) is 13.7. The van der Waals surface area contributed by atoms with Crippen molar-refractivity contribution < 1.29 is 43.3 Å². The molecule has 0 aliphatic heterocycles. The Morgan fingerprint density at radius 2 is 1.58 bits per heavy atom. The highest BCUT2D eigenvalue weighted by Crippen LogP contribution is 2.14. The highest BCUT2D eigenvalue weighted by atomic mass is 16.5. The first-order valence-electron chi connectivity index (χ1n) is 7.20. The van der Waals surface area contributed by atoms with Crippen molar-refractivity contribution in [1.82, 2.24) is 5.32 Å². The summed E-state index contributed by atoms with van der Waals surface area (Å²) in [7, 11) is 0. The van der Waals surface area contributed by atoms with E-state index in [1.807, 2.05) is 5.32 Å². The Balaban J connectivity index is 5.18. The number of carboxylic acid groups (broad SMARTS) is 1. The van der Waals surface area contributed by atoms with Crippen LogP contribution < -0.4 is 5.32 Å². The molecule has 0 aliphatic rings. The van der Waals surface area contributed by atoms with Crippen LogP contribution in [0.15, 0.2) is 0 Å². The van der Waals surface area contributed by atoms with Gasteiger partial charge < -0.3 is 24.6 Å². The topological polar surface area (TPSA) is 145 Å². The Morgan fingerprint density at radius 1 is 1.00 bits per heavy atom. The zero-order chi connectivity index (χ0) is 18.7. The number of carboxylic acids is 1. The first-order chi connectivity index (χ1) is 11.2. The third-order valence-corrected chi connectivity index (χ3v) is 2.67. The van der Waals surface area contributed by atoms with Crippen molar-refractivity contribution in [3.8, 4) is 0 Å². The van der Waals surface area contributed by atoms with Crippen LogP contribution in [0.25, 0.3) is 0 Å². The molecule has 0 unspecified atom stereocenters. The van der Waals surface area contributed by atoms with Crippen LogP contribution >= 0.6 is 0 Å². The quantitative estimate of drug-likeness (QED) is 0.385. The van der Waals surface area contributed by atoms with Gasteiger partial charge in [0.05, 0.1) is 25.6 Å². The Morgan fingerprint density at radius 3 is 2.04 bits per heavy atom. The van der Waals surface area contributed by atoms with Crippen LogP contribution in [0.1, 0.15) is 27.2 Å². The number of esters is 3. The number of hydrogen-bond donors (Lipinski definition) is 2. The summed E-state index contributed by atoms with van der Waals surface area (Å²) in [5.74, 6) is -6.47. The highest BCUT2D eigenvalue weighted by molar-refractivity contribution is 5.91. The van der Waals surface area contributed by atoms with Gasteiger partial charge in [-0.3, -0.25) is 19.2 Å². The second-order valence-corrected chi connectivity index (χ2v) is 4.53. The van der Waals surface area contributed by atoms with Crippen LogP contribution in [0, 0.1) is 5.92 Å². The lowest BCUT2D eigenvalue weighted by Gasteiger charge is -2.22. The van der Waals surface area contributed by atoms with Gasteiger partial charge in [-0.2, -0.15) is 0 Å². The number of ether oxygens (including phenoxy) is 3. The molecule has 0 saturated heterocycles. The molecule has 0 rings (SSSR count). The lowest BCUT2D eigenvalue weighted by atomic mass is 9.96. The van der Waals surface area contributed by atoms with Crippen LogP contribution in [-0.2, 0) is 38.2 Å². The monoisotopic (exact) mass is 347 g/mol. The summed E-state index contributed by atoms with van der Waals surface area (Å²) >= 11 is 0. The first kappa shape index (κ1) is 21.4. The number of amides is 1. The van der Waals surface area contributed by atoms with E-state index >= 15 is 0 Å². The molecule has 0 aromatic rings. The zero-order valence-electron chi connectivity index (χ0n) is 13.7. The maximum Gasteiger partial charge on any atom is 0.327 e. The minimum Gasteiger partial charge on any atom is -0.480 e. The summed E-state index contributed by atoms with van der Waals surface area (Å²) < 4.78 is 13.9. The van der Waals surface area contributed by atoms with E-state index in [-0.39, 0.29) is 13.2 Å². The third-order valence-electron chi connectivity index (χ3n) is 2.67. The molecule has 24 heavy (non-hydrogen) atoms. The fourth-order valence-electron chi connectivity index (χ4n) is 1.70. The van der Waals surface area contributed by atoms with Crippen molar-refractivity contribution >= 4 is 29.8 Å². The molecule has 10 nitrogen and oxygen atoms in total. The van der Waals surface area contributed by atoms with Gasteiger partial charge in [0.25, 0.3) is 5.91 Å². The summed E-state index contributed by atoms with van der Waals surface area (Å²) in [4.78, 5) is 57.2. The Hall–Kier alpha value is -2.65. The smallest absolute Gasteiger partial charge is 0.327 e. The summed E-state index contributed by atoms with van der Waals surface area (Å²) in [6.45, 7) is 3.43. The maximum atomic E-state index is 11.9. The second-order valence-electron chi connectivity index (χ2n) is 4.53. The van der Waals surface area contributed by atoms with Gasteiger partial charge in [0, 0.05) is 6.92 Å². The van der Waals surface area contributed by atoms with Gasteiger partial charge in [-0.05, 0) is 13.8 Å². The standard InChI is InChI=1S/C14H21NO9/c1-4-22-11(18)6-9(14(21)23-5-2)12(13(19)20)15-10(17)7-24-8(3)16/h9,12H,4-7H2,1-3H3,(H,15,17)(H,19,20)/t9-,12-/m1/s1. The van der Waals surface area contributed by atoms with E-state index < -0.39 is 54.8 Å². The molecule has 0 aromatic carbocycles. The van der Waals surface area contributed by atoms with Crippen LogP contribution in [0.2, 0.25) is 0 Å². The largest absolute Gasteiger partial charge is 0.480 e. The minimum absolute atomic E-state index is 0.0358. The van der Waals surface area contributed by atoms with Gasteiger partial charge in [-0.25, -0.2) is 4.79 Å². The predicted molar refractivity (Wildman–Crippen MR) is 77.6 cm³/mol. The molecule has 0 bridgehead atoms.